The summed E-state index contributed by atoms with van der Waals surface area (Å²) in [6.07, 6.45) is -4.19. The Bertz CT molecular complexity index is 969. The first-order valence-corrected chi connectivity index (χ1v) is 11.0. The van der Waals surface area contributed by atoms with Gasteiger partial charge in [0.15, 0.2) is 0 Å². The molecule has 1 aliphatic rings. The molecule has 30 heavy (non-hydrogen) atoms. The molecule has 162 valence electrons. The molecule has 1 amide bonds. The number of halogens is 3. The van der Waals surface area contributed by atoms with Gasteiger partial charge in [-0.15, -0.1) is 0 Å². The van der Waals surface area contributed by atoms with Crippen molar-refractivity contribution in [3.05, 3.63) is 65.7 Å². The van der Waals surface area contributed by atoms with Crippen LogP contribution in [-0.2, 0) is 21.0 Å². The smallest absolute Gasteiger partial charge is 0.340 e. The molecule has 1 atom stereocenters. The maximum atomic E-state index is 12.7. The van der Waals surface area contributed by atoms with Crippen molar-refractivity contribution in [2.75, 3.05) is 26.2 Å². The van der Waals surface area contributed by atoms with Gasteiger partial charge < -0.3 is 4.90 Å². The fourth-order valence-electron chi connectivity index (χ4n) is 3.43. The van der Waals surface area contributed by atoms with Gasteiger partial charge >= 0.3 is 6.18 Å². The summed E-state index contributed by atoms with van der Waals surface area (Å²) in [7, 11) is -3.91. The largest absolute Gasteiger partial charge is 0.416 e. The van der Waals surface area contributed by atoms with Crippen molar-refractivity contribution in [2.45, 2.75) is 30.3 Å². The molecular weight excluding hydrogens is 417 g/mol. The molecule has 1 unspecified atom stereocenters. The van der Waals surface area contributed by atoms with Gasteiger partial charge in [-0.05, 0) is 35.7 Å². The van der Waals surface area contributed by atoms with Crippen molar-refractivity contribution in [1.29, 1.82) is 0 Å². The van der Waals surface area contributed by atoms with E-state index in [4.69, 9.17) is 0 Å². The SMILES string of the molecule is CC(CC(=O)N1CCN(S(=O)(=O)c2ccc(C(F)(F)F)cc2)CC1)c1ccccc1. The molecule has 0 spiro atoms. The number of benzene rings is 2. The van der Waals surface area contributed by atoms with E-state index < -0.39 is 21.8 Å². The van der Waals surface area contributed by atoms with Crippen LogP contribution in [0.2, 0.25) is 0 Å². The molecule has 0 saturated carbocycles. The van der Waals surface area contributed by atoms with E-state index >= 15 is 0 Å². The van der Waals surface area contributed by atoms with Crippen LogP contribution in [0.4, 0.5) is 13.2 Å². The van der Waals surface area contributed by atoms with Gasteiger partial charge in [0.25, 0.3) is 0 Å². The summed E-state index contributed by atoms with van der Waals surface area (Å²) in [6, 6.07) is 13.1. The van der Waals surface area contributed by atoms with Crippen LogP contribution < -0.4 is 0 Å². The van der Waals surface area contributed by atoms with E-state index in [1.807, 2.05) is 37.3 Å². The number of nitrogens with zero attached hydrogens (tertiary/aromatic N) is 2. The highest BCUT2D eigenvalue weighted by molar-refractivity contribution is 7.89. The summed E-state index contributed by atoms with van der Waals surface area (Å²) >= 11 is 0. The molecule has 5 nitrogen and oxygen atoms in total. The van der Waals surface area contributed by atoms with Gasteiger partial charge in [0.05, 0.1) is 10.5 Å². The van der Waals surface area contributed by atoms with Crippen molar-refractivity contribution in [3.63, 3.8) is 0 Å². The molecule has 1 aliphatic heterocycles. The monoisotopic (exact) mass is 440 g/mol. The zero-order valence-electron chi connectivity index (χ0n) is 16.5. The number of rotatable bonds is 5. The van der Waals surface area contributed by atoms with E-state index in [-0.39, 0.29) is 42.9 Å². The average molecular weight is 440 g/mol. The maximum Gasteiger partial charge on any atom is 0.416 e. The van der Waals surface area contributed by atoms with Crippen molar-refractivity contribution >= 4 is 15.9 Å². The minimum absolute atomic E-state index is 0.0436. The number of sulfonamides is 1. The third-order valence-corrected chi connectivity index (χ3v) is 7.17. The van der Waals surface area contributed by atoms with Crippen LogP contribution in [0.5, 0.6) is 0 Å². The molecule has 1 fully saturated rings. The lowest BCUT2D eigenvalue weighted by Crippen LogP contribution is -2.50. The molecule has 9 heteroatoms. The van der Waals surface area contributed by atoms with Gasteiger partial charge in [-0.25, -0.2) is 8.42 Å². The second kappa shape index (κ2) is 8.77. The van der Waals surface area contributed by atoms with Gasteiger partial charge in [0.2, 0.25) is 15.9 Å². The summed E-state index contributed by atoms with van der Waals surface area (Å²) in [6.45, 7) is 2.68. The molecule has 0 aliphatic carbocycles. The highest BCUT2D eigenvalue weighted by Crippen LogP contribution is 2.30. The van der Waals surface area contributed by atoms with Gasteiger partial charge in [0.1, 0.15) is 0 Å². The molecule has 3 rings (SSSR count). The number of carbonyl (C=O) groups is 1. The van der Waals surface area contributed by atoms with E-state index in [1.165, 1.54) is 4.31 Å². The molecule has 1 heterocycles. The Morgan fingerprint density at radius 3 is 2.07 bits per heavy atom. The minimum Gasteiger partial charge on any atom is -0.340 e. The Balaban J connectivity index is 1.59. The molecule has 0 N–H and O–H groups in total. The van der Waals surface area contributed by atoms with Crippen LogP contribution in [-0.4, -0.2) is 49.7 Å². The minimum atomic E-state index is -4.52. The fourth-order valence-corrected chi connectivity index (χ4v) is 4.86. The first kappa shape index (κ1) is 22.3. The summed E-state index contributed by atoms with van der Waals surface area (Å²) in [5.74, 6) is 0.00513. The number of piperazine rings is 1. The lowest BCUT2D eigenvalue weighted by molar-refractivity contribution is -0.137. The van der Waals surface area contributed by atoms with Crippen LogP contribution >= 0.6 is 0 Å². The summed E-state index contributed by atoms with van der Waals surface area (Å²) in [5, 5.41) is 0. The lowest BCUT2D eigenvalue weighted by atomic mass is 9.97. The van der Waals surface area contributed by atoms with Crippen LogP contribution in [0.15, 0.2) is 59.5 Å². The zero-order valence-corrected chi connectivity index (χ0v) is 17.3. The molecule has 1 saturated heterocycles. The Kier molecular flexibility index (Phi) is 6.52. The van der Waals surface area contributed by atoms with Crippen molar-refractivity contribution in [3.8, 4) is 0 Å². The van der Waals surface area contributed by atoms with E-state index in [2.05, 4.69) is 0 Å². The Morgan fingerprint density at radius 2 is 1.53 bits per heavy atom. The normalized spacial score (nSPS) is 17.0. The summed E-state index contributed by atoms with van der Waals surface area (Å²) in [5.41, 5.74) is 0.166. The third kappa shape index (κ3) is 5.02. The Hall–Kier alpha value is -2.39. The topological polar surface area (TPSA) is 57.7 Å². The molecular formula is C21H23F3N2O3S. The van der Waals surface area contributed by atoms with Crippen LogP contribution in [0.25, 0.3) is 0 Å². The van der Waals surface area contributed by atoms with E-state index in [0.717, 1.165) is 29.8 Å². The lowest BCUT2D eigenvalue weighted by Gasteiger charge is -2.34. The van der Waals surface area contributed by atoms with Crippen LogP contribution in [0.3, 0.4) is 0 Å². The molecule has 2 aromatic rings. The highest BCUT2D eigenvalue weighted by atomic mass is 32.2. The number of carbonyl (C=O) groups excluding carboxylic acids is 1. The predicted molar refractivity (Wildman–Crippen MR) is 106 cm³/mol. The molecule has 0 radical (unpaired) electrons. The van der Waals surface area contributed by atoms with Gasteiger partial charge in [-0.1, -0.05) is 37.3 Å². The summed E-state index contributed by atoms with van der Waals surface area (Å²) < 4.78 is 64.7. The highest BCUT2D eigenvalue weighted by Gasteiger charge is 2.33. The van der Waals surface area contributed by atoms with E-state index in [9.17, 15) is 26.4 Å². The average Bonchev–Trinajstić information content (AvgIpc) is 2.74. The van der Waals surface area contributed by atoms with Gasteiger partial charge in [-0.3, -0.25) is 4.79 Å². The first-order valence-electron chi connectivity index (χ1n) is 9.59. The zero-order chi connectivity index (χ0) is 21.9. The number of hydrogen-bond acceptors (Lipinski definition) is 3. The quantitative estimate of drug-likeness (QED) is 0.712. The predicted octanol–water partition coefficient (Wildman–Crippen LogP) is 3.73. The second-order valence-corrected chi connectivity index (χ2v) is 9.26. The van der Waals surface area contributed by atoms with Crippen molar-refractivity contribution in [1.82, 2.24) is 9.21 Å². The van der Waals surface area contributed by atoms with Crippen LogP contribution in [0, 0.1) is 0 Å². The number of alkyl halides is 3. The third-order valence-electron chi connectivity index (χ3n) is 5.26. The maximum absolute atomic E-state index is 12.7. The Labute approximate surface area is 174 Å². The Morgan fingerprint density at radius 1 is 0.967 bits per heavy atom. The molecule has 0 aromatic heterocycles. The fraction of sp³-hybridized carbons (Fsp3) is 0.381. The van der Waals surface area contributed by atoms with Gasteiger partial charge in [0, 0.05) is 32.6 Å². The van der Waals surface area contributed by atoms with Crippen LogP contribution in [0.1, 0.15) is 30.4 Å². The molecule has 2 aromatic carbocycles. The second-order valence-electron chi connectivity index (χ2n) is 7.32. The van der Waals surface area contributed by atoms with Gasteiger partial charge in [-0.2, -0.15) is 17.5 Å². The number of hydrogen-bond donors (Lipinski definition) is 0. The van der Waals surface area contributed by atoms with E-state index in [0.29, 0.717) is 6.42 Å². The first-order chi connectivity index (χ1) is 14.1. The van der Waals surface area contributed by atoms with E-state index in [1.54, 1.807) is 4.90 Å². The number of amides is 1. The van der Waals surface area contributed by atoms with Crippen molar-refractivity contribution in [2.24, 2.45) is 0 Å². The molecule has 0 bridgehead atoms. The van der Waals surface area contributed by atoms with Crippen molar-refractivity contribution < 1.29 is 26.4 Å². The summed E-state index contributed by atoms with van der Waals surface area (Å²) in [4.78, 5) is 14.0. The standard InChI is InChI=1S/C21H23F3N2O3S/c1-16(17-5-3-2-4-6-17)15-20(27)25-11-13-26(14-12-25)30(28,29)19-9-7-18(8-10-19)21(22,23)24/h2-10,16H,11-15H2,1H3.